The zero-order valence-electron chi connectivity index (χ0n) is 16.0. The van der Waals surface area contributed by atoms with Crippen molar-refractivity contribution in [1.82, 2.24) is 4.90 Å². The molecule has 2 rings (SSSR count). The third-order valence-corrected chi connectivity index (χ3v) is 5.21. The molecule has 6 nitrogen and oxygen atoms in total. The normalized spacial score (nSPS) is 11.1. The van der Waals surface area contributed by atoms with Gasteiger partial charge in [0.05, 0.1) is 18.6 Å². The minimum atomic E-state index is -3.61. The summed E-state index contributed by atoms with van der Waals surface area (Å²) in [5.74, 6) is 0.404. The third kappa shape index (κ3) is 5.99. The first-order valence-electron chi connectivity index (χ1n) is 8.87. The van der Waals surface area contributed by atoms with Crippen LogP contribution in [0.5, 0.6) is 5.75 Å². The van der Waals surface area contributed by atoms with Crippen LogP contribution in [0.4, 0.5) is 5.69 Å². The molecule has 0 heterocycles. The van der Waals surface area contributed by atoms with Crippen LogP contribution < -0.4 is 9.04 Å². The Kier molecular flexibility index (Phi) is 7.24. The van der Waals surface area contributed by atoms with E-state index in [-0.39, 0.29) is 12.5 Å². The fourth-order valence-electron chi connectivity index (χ4n) is 2.68. The second-order valence-electron chi connectivity index (χ2n) is 6.09. The molecule has 0 unspecified atom stereocenters. The highest BCUT2D eigenvalue weighted by atomic mass is 32.2. The topological polar surface area (TPSA) is 66.9 Å². The van der Waals surface area contributed by atoms with E-state index in [0.717, 1.165) is 16.1 Å². The standard InChI is InChI=1S/C20H26N2O4S/c1-4-21(15-17-9-7-6-8-10-17)20(23)16-22(27(3,24)25)18-11-13-19(14-12-18)26-5-2/h6-14H,4-5,15-16H2,1-3H3. The second-order valence-corrected chi connectivity index (χ2v) is 8.00. The Morgan fingerprint density at radius 3 is 2.15 bits per heavy atom. The van der Waals surface area contributed by atoms with Crippen LogP contribution in [0.25, 0.3) is 0 Å². The molecule has 0 aliphatic heterocycles. The van der Waals surface area contributed by atoms with Crippen molar-refractivity contribution in [2.75, 3.05) is 30.3 Å². The lowest BCUT2D eigenvalue weighted by atomic mass is 10.2. The van der Waals surface area contributed by atoms with Crippen molar-refractivity contribution in [3.63, 3.8) is 0 Å². The summed E-state index contributed by atoms with van der Waals surface area (Å²) in [4.78, 5) is 14.4. The van der Waals surface area contributed by atoms with Gasteiger partial charge in [0, 0.05) is 13.1 Å². The second kappa shape index (κ2) is 9.41. The first-order valence-corrected chi connectivity index (χ1v) is 10.7. The van der Waals surface area contributed by atoms with Gasteiger partial charge in [0.25, 0.3) is 0 Å². The van der Waals surface area contributed by atoms with Gasteiger partial charge in [-0.2, -0.15) is 0 Å². The van der Waals surface area contributed by atoms with E-state index < -0.39 is 10.0 Å². The Labute approximate surface area is 161 Å². The average Bonchev–Trinajstić information content (AvgIpc) is 2.65. The Morgan fingerprint density at radius 2 is 1.63 bits per heavy atom. The van der Waals surface area contributed by atoms with Crippen LogP contribution in [-0.4, -0.2) is 45.2 Å². The SMILES string of the molecule is CCOc1ccc(N(CC(=O)N(CC)Cc2ccccc2)S(C)(=O)=O)cc1. The highest BCUT2D eigenvalue weighted by Crippen LogP contribution is 2.22. The van der Waals surface area contributed by atoms with Gasteiger partial charge in [0.2, 0.25) is 15.9 Å². The lowest BCUT2D eigenvalue weighted by Gasteiger charge is -2.27. The van der Waals surface area contributed by atoms with E-state index in [1.54, 1.807) is 29.2 Å². The fraction of sp³-hybridized carbons (Fsp3) is 0.350. The molecule has 0 N–H and O–H groups in total. The van der Waals surface area contributed by atoms with Crippen molar-refractivity contribution in [3.05, 3.63) is 60.2 Å². The van der Waals surface area contributed by atoms with Crippen LogP contribution >= 0.6 is 0 Å². The van der Waals surface area contributed by atoms with Crippen LogP contribution in [0.2, 0.25) is 0 Å². The lowest BCUT2D eigenvalue weighted by Crippen LogP contribution is -2.42. The van der Waals surface area contributed by atoms with Gasteiger partial charge in [0.1, 0.15) is 12.3 Å². The molecule has 2 aromatic carbocycles. The van der Waals surface area contributed by atoms with Gasteiger partial charge in [-0.1, -0.05) is 30.3 Å². The number of amides is 1. The summed E-state index contributed by atoms with van der Waals surface area (Å²) < 4.78 is 31.1. The number of anilines is 1. The molecule has 7 heteroatoms. The maximum absolute atomic E-state index is 12.8. The average molecular weight is 391 g/mol. The van der Waals surface area contributed by atoms with Crippen LogP contribution in [0, 0.1) is 0 Å². The number of benzene rings is 2. The number of likely N-dealkylation sites (N-methyl/N-ethyl adjacent to an activating group) is 1. The van der Waals surface area contributed by atoms with Gasteiger partial charge >= 0.3 is 0 Å². The van der Waals surface area contributed by atoms with Crippen molar-refractivity contribution in [1.29, 1.82) is 0 Å². The number of hydrogen-bond donors (Lipinski definition) is 0. The van der Waals surface area contributed by atoms with E-state index in [9.17, 15) is 13.2 Å². The van der Waals surface area contributed by atoms with E-state index in [1.807, 2.05) is 44.2 Å². The molecule has 0 aliphatic carbocycles. The number of hydrogen-bond acceptors (Lipinski definition) is 4. The summed E-state index contributed by atoms with van der Waals surface area (Å²) in [6.45, 7) is 4.97. The lowest BCUT2D eigenvalue weighted by molar-refractivity contribution is -0.129. The Hall–Kier alpha value is -2.54. The predicted molar refractivity (Wildman–Crippen MR) is 107 cm³/mol. The summed E-state index contributed by atoms with van der Waals surface area (Å²) in [6.07, 6.45) is 1.10. The smallest absolute Gasteiger partial charge is 0.243 e. The number of carbonyl (C=O) groups is 1. The van der Waals surface area contributed by atoms with Crippen molar-refractivity contribution >= 4 is 21.6 Å². The molecular formula is C20H26N2O4S. The molecule has 0 spiro atoms. The van der Waals surface area contributed by atoms with Crippen molar-refractivity contribution < 1.29 is 17.9 Å². The van der Waals surface area contributed by atoms with E-state index in [0.29, 0.717) is 31.1 Å². The predicted octanol–water partition coefficient (Wildman–Crippen LogP) is 2.90. The molecule has 0 saturated carbocycles. The molecular weight excluding hydrogens is 364 g/mol. The highest BCUT2D eigenvalue weighted by molar-refractivity contribution is 7.92. The van der Waals surface area contributed by atoms with Gasteiger partial charge in [-0.15, -0.1) is 0 Å². The zero-order valence-corrected chi connectivity index (χ0v) is 16.8. The van der Waals surface area contributed by atoms with Crippen LogP contribution in [0.15, 0.2) is 54.6 Å². The van der Waals surface area contributed by atoms with Crippen LogP contribution in [0.1, 0.15) is 19.4 Å². The van der Waals surface area contributed by atoms with Crippen molar-refractivity contribution in [2.45, 2.75) is 20.4 Å². The Balaban J connectivity index is 2.18. The molecule has 0 atom stereocenters. The summed E-state index contributed by atoms with van der Waals surface area (Å²) in [5.41, 5.74) is 1.43. The summed E-state index contributed by atoms with van der Waals surface area (Å²) in [6, 6.07) is 16.3. The summed E-state index contributed by atoms with van der Waals surface area (Å²) in [5, 5.41) is 0. The first-order chi connectivity index (χ1) is 12.8. The summed E-state index contributed by atoms with van der Waals surface area (Å²) in [7, 11) is -3.61. The van der Waals surface area contributed by atoms with Gasteiger partial charge < -0.3 is 9.64 Å². The summed E-state index contributed by atoms with van der Waals surface area (Å²) >= 11 is 0. The molecule has 0 aliphatic rings. The maximum atomic E-state index is 12.8. The molecule has 1 amide bonds. The van der Waals surface area contributed by atoms with E-state index >= 15 is 0 Å². The number of ether oxygens (including phenoxy) is 1. The molecule has 27 heavy (non-hydrogen) atoms. The Morgan fingerprint density at radius 1 is 1.00 bits per heavy atom. The molecule has 2 aromatic rings. The highest BCUT2D eigenvalue weighted by Gasteiger charge is 2.23. The van der Waals surface area contributed by atoms with Crippen LogP contribution in [-0.2, 0) is 21.4 Å². The largest absolute Gasteiger partial charge is 0.494 e. The Bertz CT molecular complexity index is 836. The molecule has 0 fully saturated rings. The number of carbonyl (C=O) groups excluding carboxylic acids is 1. The maximum Gasteiger partial charge on any atom is 0.243 e. The zero-order chi connectivity index (χ0) is 19.9. The van der Waals surface area contributed by atoms with Crippen molar-refractivity contribution in [3.8, 4) is 5.75 Å². The third-order valence-electron chi connectivity index (χ3n) is 4.07. The number of nitrogens with zero attached hydrogens (tertiary/aromatic N) is 2. The number of sulfonamides is 1. The molecule has 0 saturated heterocycles. The van der Waals surface area contributed by atoms with Gasteiger partial charge in [-0.3, -0.25) is 9.10 Å². The van der Waals surface area contributed by atoms with E-state index in [2.05, 4.69) is 0 Å². The number of rotatable bonds is 9. The van der Waals surface area contributed by atoms with Gasteiger partial charge in [-0.25, -0.2) is 8.42 Å². The fourth-order valence-corrected chi connectivity index (χ4v) is 3.53. The quantitative estimate of drug-likeness (QED) is 0.660. The monoisotopic (exact) mass is 390 g/mol. The van der Waals surface area contributed by atoms with Crippen molar-refractivity contribution in [2.24, 2.45) is 0 Å². The van der Waals surface area contributed by atoms with Gasteiger partial charge in [0.15, 0.2) is 0 Å². The van der Waals surface area contributed by atoms with Crippen LogP contribution in [0.3, 0.4) is 0 Å². The molecule has 0 aromatic heterocycles. The first kappa shape index (κ1) is 20.8. The minimum absolute atomic E-state index is 0.243. The molecule has 0 radical (unpaired) electrons. The minimum Gasteiger partial charge on any atom is -0.494 e. The van der Waals surface area contributed by atoms with E-state index in [1.165, 1.54) is 0 Å². The molecule has 0 bridgehead atoms. The molecule has 146 valence electrons. The van der Waals surface area contributed by atoms with E-state index in [4.69, 9.17) is 4.74 Å². The van der Waals surface area contributed by atoms with Gasteiger partial charge in [-0.05, 0) is 43.7 Å².